The number of pyridine rings is 1. The molecule has 1 aliphatic rings. The van der Waals surface area contributed by atoms with E-state index in [9.17, 15) is 0 Å². The first-order chi connectivity index (χ1) is 27.1. The summed E-state index contributed by atoms with van der Waals surface area (Å²) in [5, 5.41) is 14.0. The van der Waals surface area contributed by atoms with Gasteiger partial charge in [-0.1, -0.05) is 140 Å². The summed E-state index contributed by atoms with van der Waals surface area (Å²) >= 11 is 0. The van der Waals surface area contributed by atoms with Crippen LogP contribution in [0.25, 0.3) is 33.7 Å². The molecule has 0 saturated carbocycles. The Bertz CT molecular complexity index is 2500. The van der Waals surface area contributed by atoms with Crippen molar-refractivity contribution in [1.82, 2.24) is 34.7 Å². The van der Waals surface area contributed by atoms with Gasteiger partial charge in [-0.15, -0.1) is 5.10 Å². The Morgan fingerprint density at radius 1 is 0.745 bits per heavy atom. The van der Waals surface area contributed by atoms with Gasteiger partial charge >= 0.3 is 0 Å². The van der Waals surface area contributed by atoms with Crippen LogP contribution in [0.4, 0.5) is 0 Å². The monoisotopic (exact) mass is 721 g/mol. The molecule has 1 aliphatic carbocycles. The molecule has 272 valence electrons. The maximum atomic E-state index is 5.39. The topological polar surface area (TPSA) is 83.5 Å². The zero-order valence-corrected chi connectivity index (χ0v) is 31.4. The van der Waals surface area contributed by atoms with E-state index in [1.807, 2.05) is 4.68 Å². The lowest BCUT2D eigenvalue weighted by Gasteiger charge is -2.36. The third-order valence-corrected chi connectivity index (χ3v) is 11.2. The molecule has 3 heterocycles. The second-order valence-electron chi connectivity index (χ2n) is 14.3. The highest BCUT2D eigenvalue weighted by Gasteiger charge is 2.42. The number of tetrazole rings is 1. The number of methoxy groups -OCH3 is 1. The lowest BCUT2D eigenvalue weighted by molar-refractivity contribution is 0.201. The van der Waals surface area contributed by atoms with Crippen molar-refractivity contribution >= 4 is 11.2 Å². The van der Waals surface area contributed by atoms with E-state index in [1.54, 1.807) is 7.11 Å². The SMILES string of the molecule is CCc1nc2c(C)cc(CCOC)nc2n1[C@H]1CCc2cc(-c3ccccc3-c3nnnn3C(c3ccccc3)(c3ccccc3)c3ccccc3)ccc21. The number of fused-ring (bicyclic) bond motifs is 2. The first-order valence-electron chi connectivity index (χ1n) is 19.2. The second kappa shape index (κ2) is 14.5. The summed E-state index contributed by atoms with van der Waals surface area (Å²) in [7, 11) is 1.74. The maximum absolute atomic E-state index is 5.39. The normalized spacial score (nSPS) is 14.1. The molecule has 8 aromatic rings. The molecule has 8 nitrogen and oxygen atoms in total. The largest absolute Gasteiger partial charge is 0.384 e. The van der Waals surface area contributed by atoms with Crippen LogP contribution in [-0.2, 0) is 29.5 Å². The maximum Gasteiger partial charge on any atom is 0.184 e. The Morgan fingerprint density at radius 3 is 2.02 bits per heavy atom. The van der Waals surface area contributed by atoms with Crippen molar-refractivity contribution in [2.45, 2.75) is 51.1 Å². The fraction of sp³-hybridized carbons (Fsp3) is 0.213. The zero-order valence-electron chi connectivity index (χ0n) is 31.4. The second-order valence-corrected chi connectivity index (χ2v) is 14.3. The number of aromatic nitrogens is 7. The average Bonchev–Trinajstić information content (AvgIpc) is 3.99. The Kier molecular flexibility index (Phi) is 9.12. The zero-order chi connectivity index (χ0) is 37.4. The molecule has 55 heavy (non-hydrogen) atoms. The number of rotatable bonds is 11. The number of ether oxygens (including phenoxy) is 1. The van der Waals surface area contributed by atoms with E-state index in [0.717, 1.165) is 87.3 Å². The molecule has 0 amide bonds. The van der Waals surface area contributed by atoms with E-state index in [1.165, 1.54) is 11.1 Å². The average molecular weight is 722 g/mol. The van der Waals surface area contributed by atoms with Gasteiger partial charge in [-0.25, -0.2) is 14.6 Å². The molecule has 0 saturated heterocycles. The van der Waals surface area contributed by atoms with E-state index in [4.69, 9.17) is 25.0 Å². The summed E-state index contributed by atoms with van der Waals surface area (Å²) in [6.45, 7) is 4.97. The summed E-state index contributed by atoms with van der Waals surface area (Å²) < 4.78 is 9.81. The molecule has 0 bridgehead atoms. The molecule has 8 heteroatoms. The van der Waals surface area contributed by atoms with Crippen molar-refractivity contribution in [2.75, 3.05) is 13.7 Å². The van der Waals surface area contributed by atoms with Crippen molar-refractivity contribution in [3.63, 3.8) is 0 Å². The van der Waals surface area contributed by atoms with Crippen LogP contribution in [0.1, 0.15) is 64.3 Å². The number of hydrogen-bond donors (Lipinski definition) is 0. The highest BCUT2D eigenvalue weighted by atomic mass is 16.5. The van der Waals surface area contributed by atoms with Crippen LogP contribution < -0.4 is 0 Å². The molecule has 0 N–H and O–H groups in total. The van der Waals surface area contributed by atoms with Gasteiger partial charge < -0.3 is 9.30 Å². The summed E-state index contributed by atoms with van der Waals surface area (Å²) in [5.74, 6) is 1.76. The number of benzene rings is 5. The highest BCUT2D eigenvalue weighted by Crippen LogP contribution is 2.45. The number of nitrogens with zero attached hydrogens (tertiary/aromatic N) is 7. The fourth-order valence-electron chi connectivity index (χ4n) is 8.69. The van der Waals surface area contributed by atoms with Crippen molar-refractivity contribution in [3.05, 3.63) is 184 Å². The van der Waals surface area contributed by atoms with Gasteiger partial charge in [-0.05, 0) is 80.8 Å². The number of imidazole rings is 1. The van der Waals surface area contributed by atoms with Gasteiger partial charge in [0, 0.05) is 31.2 Å². The standard InChI is InChI=1S/C47H43N7O/c1-4-43-49-44-32(2)30-38(28-29-55-3)48-46(44)53(43)42-27-25-34-31-33(24-26-40(34)42)39-22-14-15-23-41(39)45-50-51-52-54(45)47(35-16-8-5-9-17-35,36-18-10-6-11-19-36)37-20-12-7-13-21-37/h5-24,26,30-31,42H,4,25,27-29H2,1-3H3/t42-/m0/s1. The molecule has 1 atom stereocenters. The lowest BCUT2D eigenvalue weighted by atomic mass is 9.77. The van der Waals surface area contributed by atoms with Gasteiger partial charge in [0.15, 0.2) is 11.5 Å². The van der Waals surface area contributed by atoms with E-state index >= 15 is 0 Å². The number of aryl methyl sites for hydroxylation is 3. The minimum absolute atomic E-state index is 0.166. The first kappa shape index (κ1) is 34.5. The van der Waals surface area contributed by atoms with E-state index in [-0.39, 0.29) is 6.04 Å². The van der Waals surface area contributed by atoms with Gasteiger partial charge in [0.2, 0.25) is 0 Å². The fourth-order valence-corrected chi connectivity index (χ4v) is 8.69. The Labute approximate surface area is 321 Å². The molecule has 0 spiro atoms. The third-order valence-electron chi connectivity index (χ3n) is 11.2. The summed E-state index contributed by atoms with van der Waals surface area (Å²) in [6.07, 6.45) is 3.58. The van der Waals surface area contributed by atoms with Crippen molar-refractivity contribution < 1.29 is 4.74 Å². The molecule has 0 unspecified atom stereocenters. The summed E-state index contributed by atoms with van der Waals surface area (Å²) in [4.78, 5) is 10.3. The Morgan fingerprint density at radius 2 is 1.38 bits per heavy atom. The molecule has 9 rings (SSSR count). The lowest BCUT2D eigenvalue weighted by Crippen LogP contribution is -2.39. The van der Waals surface area contributed by atoms with Crippen LogP contribution in [0.2, 0.25) is 0 Å². The molecule has 5 aromatic carbocycles. The van der Waals surface area contributed by atoms with Gasteiger partial charge in [0.05, 0.1) is 12.6 Å². The minimum Gasteiger partial charge on any atom is -0.384 e. The van der Waals surface area contributed by atoms with Gasteiger partial charge in [-0.2, -0.15) is 0 Å². The van der Waals surface area contributed by atoms with Crippen LogP contribution >= 0.6 is 0 Å². The van der Waals surface area contributed by atoms with Gasteiger partial charge in [0.25, 0.3) is 0 Å². The molecule has 0 aliphatic heterocycles. The Hall–Kier alpha value is -6.25. The predicted octanol–water partition coefficient (Wildman–Crippen LogP) is 9.19. The third kappa shape index (κ3) is 5.85. The van der Waals surface area contributed by atoms with Gasteiger partial charge in [0.1, 0.15) is 16.9 Å². The summed E-state index contributed by atoms with van der Waals surface area (Å²) in [5.41, 5.74) is 12.4. The van der Waals surface area contributed by atoms with Crippen LogP contribution in [-0.4, -0.2) is 48.5 Å². The smallest absolute Gasteiger partial charge is 0.184 e. The van der Waals surface area contributed by atoms with Crippen molar-refractivity contribution in [1.29, 1.82) is 0 Å². The first-order valence-corrected chi connectivity index (χ1v) is 19.2. The van der Waals surface area contributed by atoms with Crippen LogP contribution in [0.5, 0.6) is 0 Å². The van der Waals surface area contributed by atoms with Crippen LogP contribution in [0.15, 0.2) is 140 Å². The van der Waals surface area contributed by atoms with E-state index in [0.29, 0.717) is 12.4 Å². The molecule has 0 radical (unpaired) electrons. The molecular formula is C47H43N7O. The van der Waals surface area contributed by atoms with Crippen molar-refractivity contribution in [2.24, 2.45) is 0 Å². The highest BCUT2D eigenvalue weighted by molar-refractivity contribution is 5.82. The minimum atomic E-state index is -0.846. The summed E-state index contributed by atoms with van der Waals surface area (Å²) in [6, 6.07) is 49.4. The van der Waals surface area contributed by atoms with Crippen molar-refractivity contribution in [3.8, 4) is 22.5 Å². The number of hydrogen-bond acceptors (Lipinski definition) is 6. The van der Waals surface area contributed by atoms with Crippen LogP contribution in [0.3, 0.4) is 0 Å². The quantitative estimate of drug-likeness (QED) is 0.124. The van der Waals surface area contributed by atoms with E-state index in [2.05, 4.69) is 163 Å². The predicted molar refractivity (Wildman–Crippen MR) is 217 cm³/mol. The molecule has 0 fully saturated rings. The Balaban J connectivity index is 1.17. The molecular weight excluding hydrogens is 679 g/mol. The van der Waals surface area contributed by atoms with Crippen LogP contribution in [0, 0.1) is 6.92 Å². The van der Waals surface area contributed by atoms with E-state index < -0.39 is 5.54 Å². The molecule has 3 aromatic heterocycles. The van der Waals surface area contributed by atoms with Gasteiger partial charge in [-0.3, -0.25) is 0 Å².